The lowest BCUT2D eigenvalue weighted by atomic mass is 10.2. The zero-order chi connectivity index (χ0) is 23.6. The Morgan fingerprint density at radius 1 is 1.09 bits per heavy atom. The highest BCUT2D eigenvalue weighted by molar-refractivity contribution is 7.98. The molecule has 0 saturated heterocycles. The van der Waals surface area contributed by atoms with Crippen LogP contribution in [-0.2, 0) is 18.6 Å². The van der Waals surface area contributed by atoms with Crippen molar-refractivity contribution in [2.75, 3.05) is 38.5 Å². The van der Waals surface area contributed by atoms with Crippen LogP contribution in [0.15, 0.2) is 12.0 Å². The minimum Gasteiger partial charge on any atom is -0.367 e. The van der Waals surface area contributed by atoms with Gasteiger partial charge in [0.15, 0.2) is 5.82 Å². The van der Waals surface area contributed by atoms with Gasteiger partial charge in [-0.3, -0.25) is 10.1 Å². The lowest BCUT2D eigenvalue weighted by molar-refractivity contribution is -0.404. The zero-order valence-corrected chi connectivity index (χ0v) is 22.1. The standard InChI is InChI=1S/C23H43N5O2S2/c1-5-9-10-14-24-22(18-28(29)30)25-15-11-17-31-19-20-21(12-6-2)32-23(26-20)13-16-27(7-3)8-4/h18,24-25H,5-17,19H2,1-4H3. The molecule has 1 heterocycles. The molecule has 7 nitrogen and oxygen atoms in total. The molecule has 0 aliphatic heterocycles. The minimum atomic E-state index is -0.404. The van der Waals surface area contributed by atoms with E-state index in [-0.39, 0.29) is 0 Å². The fraction of sp³-hybridized carbons (Fsp3) is 0.783. The minimum absolute atomic E-state index is 0.404. The van der Waals surface area contributed by atoms with Crippen LogP contribution in [0.4, 0.5) is 0 Å². The van der Waals surface area contributed by atoms with Crippen LogP contribution in [0.5, 0.6) is 0 Å². The summed E-state index contributed by atoms with van der Waals surface area (Å²) >= 11 is 3.80. The number of likely N-dealkylation sites (N-methyl/N-ethyl adjacent to an activating group) is 1. The molecule has 0 aliphatic rings. The molecule has 0 bridgehead atoms. The van der Waals surface area contributed by atoms with E-state index in [1.54, 1.807) is 0 Å². The average molecular weight is 486 g/mol. The maximum atomic E-state index is 10.8. The number of hydrogen-bond donors (Lipinski definition) is 2. The number of unbranched alkanes of at least 4 members (excludes halogenated alkanes) is 2. The molecule has 0 aliphatic carbocycles. The predicted octanol–water partition coefficient (Wildman–Crippen LogP) is 5.05. The third-order valence-corrected chi connectivity index (χ3v) is 7.46. The monoisotopic (exact) mass is 485 g/mol. The van der Waals surface area contributed by atoms with E-state index in [2.05, 4.69) is 43.2 Å². The molecule has 0 fully saturated rings. The lowest BCUT2D eigenvalue weighted by Gasteiger charge is -2.16. The summed E-state index contributed by atoms with van der Waals surface area (Å²) in [6.45, 7) is 13.5. The van der Waals surface area contributed by atoms with E-state index in [0.29, 0.717) is 5.82 Å². The number of thiazole rings is 1. The van der Waals surface area contributed by atoms with Gasteiger partial charge >= 0.3 is 0 Å². The number of nitrogens with one attached hydrogen (secondary N) is 2. The second kappa shape index (κ2) is 18.1. The van der Waals surface area contributed by atoms with Crippen LogP contribution >= 0.6 is 23.1 Å². The highest BCUT2D eigenvalue weighted by atomic mass is 32.2. The maximum Gasteiger partial charge on any atom is 0.274 e. The van der Waals surface area contributed by atoms with Crippen LogP contribution in [0, 0.1) is 10.1 Å². The molecule has 1 aromatic heterocycles. The number of aryl methyl sites for hydroxylation is 1. The van der Waals surface area contributed by atoms with Gasteiger partial charge in [-0.25, -0.2) is 4.98 Å². The van der Waals surface area contributed by atoms with Gasteiger partial charge in [0.2, 0.25) is 0 Å². The lowest BCUT2D eigenvalue weighted by Crippen LogP contribution is -2.29. The fourth-order valence-corrected chi connectivity index (χ4v) is 5.49. The Kier molecular flexibility index (Phi) is 16.3. The molecule has 0 aromatic carbocycles. The van der Waals surface area contributed by atoms with Crippen molar-refractivity contribution in [2.24, 2.45) is 0 Å². The summed E-state index contributed by atoms with van der Waals surface area (Å²) in [7, 11) is 0. The molecular formula is C23H43N5O2S2. The van der Waals surface area contributed by atoms with Gasteiger partial charge in [-0.05, 0) is 38.1 Å². The van der Waals surface area contributed by atoms with Gasteiger partial charge < -0.3 is 15.5 Å². The Hall–Kier alpha value is -1.32. The topological polar surface area (TPSA) is 83.3 Å². The first kappa shape index (κ1) is 28.7. The summed E-state index contributed by atoms with van der Waals surface area (Å²) in [5.41, 5.74) is 1.26. The maximum absolute atomic E-state index is 10.8. The highest BCUT2D eigenvalue weighted by Gasteiger charge is 2.12. The van der Waals surface area contributed by atoms with Crippen LogP contribution in [0.25, 0.3) is 0 Å². The molecule has 0 amide bonds. The van der Waals surface area contributed by atoms with Crippen LogP contribution in [0.2, 0.25) is 0 Å². The van der Waals surface area contributed by atoms with Crippen LogP contribution in [0.3, 0.4) is 0 Å². The molecule has 0 spiro atoms. The Bertz CT molecular complexity index is 663. The van der Waals surface area contributed by atoms with Gasteiger partial charge in [0.1, 0.15) is 0 Å². The number of aromatic nitrogens is 1. The van der Waals surface area contributed by atoms with Gasteiger partial charge in [0.25, 0.3) is 6.20 Å². The molecule has 32 heavy (non-hydrogen) atoms. The van der Waals surface area contributed by atoms with Gasteiger partial charge in [0, 0.05) is 36.7 Å². The van der Waals surface area contributed by atoms with Gasteiger partial charge in [-0.1, -0.05) is 47.0 Å². The van der Waals surface area contributed by atoms with Crippen molar-refractivity contribution in [3.63, 3.8) is 0 Å². The average Bonchev–Trinajstić information content (AvgIpc) is 3.15. The Morgan fingerprint density at radius 2 is 1.81 bits per heavy atom. The van der Waals surface area contributed by atoms with Crippen molar-refractivity contribution in [1.82, 2.24) is 20.5 Å². The van der Waals surface area contributed by atoms with Crippen molar-refractivity contribution in [1.29, 1.82) is 0 Å². The predicted molar refractivity (Wildman–Crippen MR) is 139 cm³/mol. The summed E-state index contributed by atoms with van der Waals surface area (Å²) in [6, 6.07) is 0. The normalized spacial score (nSPS) is 11.8. The molecule has 0 unspecified atom stereocenters. The summed E-state index contributed by atoms with van der Waals surface area (Å²) in [6.07, 6.45) is 8.57. The molecule has 0 atom stereocenters. The third-order valence-electron chi connectivity index (χ3n) is 5.19. The van der Waals surface area contributed by atoms with E-state index >= 15 is 0 Å². The van der Waals surface area contributed by atoms with Crippen molar-refractivity contribution in [3.05, 3.63) is 37.7 Å². The SMILES string of the molecule is CCCCCNC(=C[N+](=O)[O-])NCCCSCc1nc(CCN(CC)CC)sc1CCC. The van der Waals surface area contributed by atoms with Gasteiger partial charge in [-0.2, -0.15) is 11.8 Å². The fourth-order valence-electron chi connectivity index (χ4n) is 3.30. The van der Waals surface area contributed by atoms with Crippen molar-refractivity contribution in [3.8, 4) is 0 Å². The second-order valence-corrected chi connectivity index (χ2v) is 10.1. The van der Waals surface area contributed by atoms with Crippen LogP contribution in [-0.4, -0.2) is 53.3 Å². The van der Waals surface area contributed by atoms with E-state index in [1.165, 1.54) is 15.6 Å². The zero-order valence-electron chi connectivity index (χ0n) is 20.5. The van der Waals surface area contributed by atoms with Crippen molar-refractivity contribution < 1.29 is 4.92 Å². The third kappa shape index (κ3) is 12.6. The molecule has 0 radical (unpaired) electrons. The molecule has 1 aromatic rings. The first-order valence-electron chi connectivity index (χ1n) is 12.1. The van der Waals surface area contributed by atoms with E-state index in [4.69, 9.17) is 4.98 Å². The number of rotatable bonds is 20. The molecular weight excluding hydrogens is 442 g/mol. The van der Waals surface area contributed by atoms with E-state index in [1.807, 2.05) is 23.1 Å². The first-order chi connectivity index (χ1) is 15.5. The smallest absolute Gasteiger partial charge is 0.274 e. The second-order valence-electron chi connectivity index (χ2n) is 7.80. The summed E-state index contributed by atoms with van der Waals surface area (Å²) < 4.78 is 0. The van der Waals surface area contributed by atoms with Crippen LogP contribution in [0.1, 0.15) is 75.4 Å². The molecule has 1 rings (SSSR count). The quantitative estimate of drug-likeness (QED) is 0.152. The first-order valence-corrected chi connectivity index (χ1v) is 14.1. The summed E-state index contributed by atoms with van der Waals surface area (Å²) in [5, 5.41) is 18.4. The number of thioether (sulfide) groups is 1. The number of nitrogens with zero attached hydrogens (tertiary/aromatic N) is 3. The van der Waals surface area contributed by atoms with Crippen molar-refractivity contribution in [2.45, 2.75) is 78.4 Å². The van der Waals surface area contributed by atoms with E-state index in [9.17, 15) is 10.1 Å². The van der Waals surface area contributed by atoms with Crippen LogP contribution < -0.4 is 10.6 Å². The van der Waals surface area contributed by atoms with E-state index < -0.39 is 4.92 Å². The summed E-state index contributed by atoms with van der Waals surface area (Å²) in [5.74, 6) is 2.47. The summed E-state index contributed by atoms with van der Waals surface area (Å²) in [4.78, 5) is 19.3. The Morgan fingerprint density at radius 3 is 2.44 bits per heavy atom. The van der Waals surface area contributed by atoms with Gasteiger partial charge in [-0.15, -0.1) is 11.3 Å². The Balaban J connectivity index is 2.40. The Labute approximate surface area is 203 Å². The largest absolute Gasteiger partial charge is 0.367 e. The molecule has 184 valence electrons. The number of nitro groups is 1. The van der Waals surface area contributed by atoms with Crippen molar-refractivity contribution >= 4 is 23.1 Å². The number of hydrogen-bond acceptors (Lipinski definition) is 8. The highest BCUT2D eigenvalue weighted by Crippen LogP contribution is 2.25. The molecule has 2 N–H and O–H groups in total. The molecule has 9 heteroatoms. The van der Waals surface area contributed by atoms with E-state index in [0.717, 1.165) is 95.4 Å². The van der Waals surface area contributed by atoms with Gasteiger partial charge in [0.05, 0.1) is 15.6 Å². The molecule has 0 saturated carbocycles.